The molecule has 0 radical (unpaired) electrons. The molecule has 4 aliphatic rings. The van der Waals surface area contributed by atoms with Crippen molar-refractivity contribution in [2.45, 2.75) is 36.4 Å². The van der Waals surface area contributed by atoms with E-state index in [-0.39, 0.29) is 41.7 Å². The van der Waals surface area contributed by atoms with Crippen LogP contribution in [-0.4, -0.2) is 71.0 Å². The number of carbonyl (C=O) groups excluding carboxylic acids is 3. The molecule has 10 nitrogen and oxygen atoms in total. The topological polar surface area (TPSA) is 123 Å². The van der Waals surface area contributed by atoms with Gasteiger partial charge in [-0.3, -0.25) is 14.5 Å². The first-order valence-electron chi connectivity index (χ1n) is 13.4. The number of para-hydroxylation sites is 1. The summed E-state index contributed by atoms with van der Waals surface area (Å²) in [5.41, 5.74) is 1.39. The van der Waals surface area contributed by atoms with Crippen LogP contribution in [0.4, 0.5) is 10.5 Å². The molecule has 3 unspecified atom stereocenters. The molecule has 11 heteroatoms. The number of piperidine rings is 2. The second-order valence-electron chi connectivity index (χ2n) is 10.3. The number of hydrogen-bond donors (Lipinski definition) is 4. The number of carbonyl (C=O) groups is 3. The quantitative estimate of drug-likeness (QED) is 0.400. The number of rotatable bonds is 6. The highest BCUT2D eigenvalue weighted by atomic mass is 32.2. The van der Waals surface area contributed by atoms with Crippen LogP contribution in [0.15, 0.2) is 77.9 Å². The zero-order valence-corrected chi connectivity index (χ0v) is 22.6. The lowest BCUT2D eigenvalue weighted by Gasteiger charge is -2.45. The van der Waals surface area contributed by atoms with E-state index in [0.717, 1.165) is 17.9 Å². The number of thioether (sulfide) groups is 1. The first kappa shape index (κ1) is 26.4. The van der Waals surface area contributed by atoms with Gasteiger partial charge in [-0.05, 0) is 61.9 Å². The van der Waals surface area contributed by atoms with Crippen molar-refractivity contribution in [3.63, 3.8) is 0 Å². The van der Waals surface area contributed by atoms with E-state index >= 15 is 0 Å². The number of aliphatic hydroxyl groups is 1. The van der Waals surface area contributed by atoms with Gasteiger partial charge in [0.2, 0.25) is 5.91 Å². The van der Waals surface area contributed by atoms with Gasteiger partial charge in [0.1, 0.15) is 11.5 Å². The fourth-order valence-corrected chi connectivity index (χ4v) is 7.28. The van der Waals surface area contributed by atoms with Gasteiger partial charge in [-0.15, -0.1) is 0 Å². The van der Waals surface area contributed by atoms with Crippen molar-refractivity contribution < 1.29 is 24.2 Å². The van der Waals surface area contributed by atoms with Crippen LogP contribution in [0.25, 0.3) is 0 Å². The smallest absolute Gasteiger partial charge is 0.326 e. The van der Waals surface area contributed by atoms with E-state index in [0.29, 0.717) is 35.9 Å². The SMILES string of the molecule is C=CC(=O)N1CC[C@H](NC(=O)C2=C3NC(=O)N(c4ccc(Oc5ccccc5)cc4)C4CCNC(S2)C34)[C@@H](O)C1. The normalized spacial score (nSPS) is 27.5. The summed E-state index contributed by atoms with van der Waals surface area (Å²) in [6, 6.07) is 16.1. The lowest BCUT2D eigenvalue weighted by atomic mass is 9.86. The highest BCUT2D eigenvalue weighted by Crippen LogP contribution is 2.48. The van der Waals surface area contributed by atoms with Crippen LogP contribution in [0.3, 0.4) is 0 Å². The highest BCUT2D eigenvalue weighted by molar-refractivity contribution is 8.04. The number of benzene rings is 2. The first-order chi connectivity index (χ1) is 19.4. The zero-order valence-electron chi connectivity index (χ0n) is 21.8. The maximum atomic E-state index is 13.5. The molecule has 6 rings (SSSR count). The molecule has 4 amide bonds. The van der Waals surface area contributed by atoms with Crippen LogP contribution >= 0.6 is 11.8 Å². The van der Waals surface area contributed by atoms with Gasteiger partial charge < -0.3 is 30.7 Å². The number of nitrogens with zero attached hydrogens (tertiary/aromatic N) is 2. The summed E-state index contributed by atoms with van der Waals surface area (Å²) in [6.07, 6.45) is 1.50. The Kier molecular flexibility index (Phi) is 7.26. The van der Waals surface area contributed by atoms with Crippen molar-refractivity contribution in [2.24, 2.45) is 5.92 Å². The van der Waals surface area contributed by atoms with Crippen LogP contribution in [-0.2, 0) is 9.59 Å². The number of nitrogens with one attached hydrogen (secondary N) is 3. The Morgan fingerprint density at radius 3 is 2.58 bits per heavy atom. The summed E-state index contributed by atoms with van der Waals surface area (Å²) in [6.45, 7) is 4.76. The number of amides is 4. The monoisotopic (exact) mass is 561 g/mol. The maximum absolute atomic E-state index is 13.5. The number of β-amino-alcohol motifs (C(OH)–C–C–N with tert-alkyl or cyclic N) is 1. The average molecular weight is 562 g/mol. The minimum Gasteiger partial charge on any atom is -0.457 e. The number of aliphatic hydroxyl groups excluding tert-OH is 1. The van der Waals surface area contributed by atoms with Crippen LogP contribution in [0.5, 0.6) is 11.5 Å². The third-order valence-electron chi connectivity index (χ3n) is 7.83. The standard InChI is InChI=1S/C29H31N5O5S/c1-2-23(36)33-15-13-20(22(35)16-33)31-27(37)26-25-24-21(12-14-30-28(24)40-26)34(29(38)32-25)17-8-10-19(11-9-17)39-18-6-4-3-5-7-18/h2-11,20-22,24,28,30,35H,1,12-16H2,(H,31,37)(H,32,38)/t20-,21?,22-,24?,28?/m0/s1. The number of ether oxygens (including phenoxy) is 1. The Morgan fingerprint density at radius 1 is 1.10 bits per heavy atom. The average Bonchev–Trinajstić information content (AvgIpc) is 3.34. The highest BCUT2D eigenvalue weighted by Gasteiger charge is 2.52. The fourth-order valence-electron chi connectivity index (χ4n) is 5.89. The molecule has 4 N–H and O–H groups in total. The fraction of sp³-hybridized carbons (Fsp3) is 0.345. The zero-order chi connectivity index (χ0) is 27.8. The Labute approximate surface area is 236 Å². The van der Waals surface area contributed by atoms with E-state index in [4.69, 9.17) is 4.74 Å². The maximum Gasteiger partial charge on any atom is 0.326 e. The molecule has 3 saturated heterocycles. The van der Waals surface area contributed by atoms with Gasteiger partial charge in [0.15, 0.2) is 0 Å². The molecule has 3 fully saturated rings. The molecule has 2 aromatic rings. The van der Waals surface area contributed by atoms with Crippen molar-refractivity contribution in [1.82, 2.24) is 20.9 Å². The molecule has 0 aliphatic carbocycles. The molecule has 4 heterocycles. The molecule has 0 spiro atoms. The van der Waals surface area contributed by atoms with Crippen molar-refractivity contribution in [1.29, 1.82) is 0 Å². The van der Waals surface area contributed by atoms with Crippen LogP contribution in [0.2, 0.25) is 0 Å². The summed E-state index contributed by atoms with van der Waals surface area (Å²) >= 11 is 1.42. The molecule has 5 atom stereocenters. The van der Waals surface area contributed by atoms with Gasteiger partial charge in [-0.25, -0.2) is 4.79 Å². The molecule has 4 aliphatic heterocycles. The van der Waals surface area contributed by atoms with Crippen molar-refractivity contribution >= 4 is 35.3 Å². The summed E-state index contributed by atoms with van der Waals surface area (Å²) in [7, 11) is 0. The second-order valence-corrected chi connectivity index (χ2v) is 11.4. The summed E-state index contributed by atoms with van der Waals surface area (Å²) in [4.78, 5) is 42.5. The van der Waals surface area contributed by atoms with Gasteiger partial charge in [-0.1, -0.05) is 36.5 Å². The lowest BCUT2D eigenvalue weighted by molar-refractivity contribution is -0.130. The van der Waals surface area contributed by atoms with Gasteiger partial charge in [0.05, 0.1) is 28.5 Å². The van der Waals surface area contributed by atoms with Crippen molar-refractivity contribution in [3.8, 4) is 11.5 Å². The molecule has 2 aromatic carbocycles. The van der Waals surface area contributed by atoms with E-state index in [1.807, 2.05) is 54.6 Å². The van der Waals surface area contributed by atoms with E-state index in [9.17, 15) is 19.5 Å². The van der Waals surface area contributed by atoms with Gasteiger partial charge >= 0.3 is 6.03 Å². The van der Waals surface area contributed by atoms with Gasteiger partial charge in [0, 0.05) is 30.4 Å². The van der Waals surface area contributed by atoms with E-state index in [1.165, 1.54) is 22.7 Å². The number of hydrogen-bond acceptors (Lipinski definition) is 7. The molecular formula is C29H31N5O5S. The second kappa shape index (κ2) is 11.0. The van der Waals surface area contributed by atoms with Crippen molar-refractivity contribution in [3.05, 3.63) is 77.9 Å². The number of anilines is 1. The Balaban J connectivity index is 1.18. The largest absolute Gasteiger partial charge is 0.457 e. The van der Waals surface area contributed by atoms with E-state index in [1.54, 1.807) is 4.90 Å². The van der Waals surface area contributed by atoms with Crippen molar-refractivity contribution in [2.75, 3.05) is 24.5 Å². The molecule has 0 saturated carbocycles. The predicted octanol–water partition coefficient (Wildman–Crippen LogP) is 2.54. The molecule has 0 bridgehead atoms. The van der Waals surface area contributed by atoms with Crippen LogP contribution in [0, 0.1) is 5.92 Å². The summed E-state index contributed by atoms with van der Waals surface area (Å²) in [5.74, 6) is 0.759. The Bertz CT molecular complexity index is 1350. The third kappa shape index (κ3) is 4.96. The Hall–Kier alpha value is -3.80. The first-order valence-corrected chi connectivity index (χ1v) is 14.3. The van der Waals surface area contributed by atoms with E-state index < -0.39 is 12.1 Å². The minimum absolute atomic E-state index is 0.0599. The number of urea groups is 1. The van der Waals surface area contributed by atoms with Gasteiger partial charge in [-0.2, -0.15) is 0 Å². The summed E-state index contributed by atoms with van der Waals surface area (Å²) in [5, 5.41) is 20.0. The Morgan fingerprint density at radius 2 is 1.85 bits per heavy atom. The number of likely N-dealkylation sites (tertiary alicyclic amines) is 1. The van der Waals surface area contributed by atoms with Crippen LogP contribution < -0.4 is 25.6 Å². The predicted molar refractivity (Wildman–Crippen MR) is 152 cm³/mol. The van der Waals surface area contributed by atoms with Crippen LogP contribution in [0.1, 0.15) is 12.8 Å². The summed E-state index contributed by atoms with van der Waals surface area (Å²) < 4.78 is 5.91. The third-order valence-corrected chi connectivity index (χ3v) is 9.18. The molecule has 0 aromatic heterocycles. The lowest BCUT2D eigenvalue weighted by Crippen LogP contribution is -2.62. The van der Waals surface area contributed by atoms with E-state index in [2.05, 4.69) is 22.5 Å². The molecule has 208 valence electrons. The molecule has 40 heavy (non-hydrogen) atoms. The minimum atomic E-state index is -0.892. The van der Waals surface area contributed by atoms with Gasteiger partial charge in [0.25, 0.3) is 5.91 Å². The molecular weight excluding hydrogens is 530 g/mol.